The number of rotatable bonds is 9. The SMILES string of the molecule is O=C(O)CCCCNS(=O)(=O)CCc1ccccn1. The van der Waals surface area contributed by atoms with Crippen molar-refractivity contribution in [2.24, 2.45) is 0 Å². The number of pyridine rings is 1. The summed E-state index contributed by atoms with van der Waals surface area (Å²) in [5, 5.41) is 8.44. The van der Waals surface area contributed by atoms with E-state index in [0.29, 0.717) is 19.3 Å². The molecule has 106 valence electrons. The second kappa shape index (κ2) is 7.85. The van der Waals surface area contributed by atoms with Gasteiger partial charge in [0.15, 0.2) is 0 Å². The minimum atomic E-state index is -3.32. The number of carbonyl (C=O) groups is 1. The van der Waals surface area contributed by atoms with Crippen LogP contribution in [0, 0.1) is 0 Å². The van der Waals surface area contributed by atoms with Gasteiger partial charge in [0.25, 0.3) is 0 Å². The number of sulfonamides is 1. The maximum Gasteiger partial charge on any atom is 0.303 e. The highest BCUT2D eigenvalue weighted by Gasteiger charge is 2.10. The van der Waals surface area contributed by atoms with E-state index in [0.717, 1.165) is 5.69 Å². The monoisotopic (exact) mass is 286 g/mol. The lowest BCUT2D eigenvalue weighted by atomic mass is 10.2. The number of unbranched alkanes of at least 4 members (excludes halogenated alkanes) is 1. The van der Waals surface area contributed by atoms with Gasteiger partial charge in [-0.15, -0.1) is 0 Å². The molecule has 1 aromatic heterocycles. The largest absolute Gasteiger partial charge is 0.481 e. The number of hydrogen-bond donors (Lipinski definition) is 2. The number of aryl methyl sites for hydroxylation is 1. The topological polar surface area (TPSA) is 96.4 Å². The molecular formula is C12H18N2O4S. The molecular weight excluding hydrogens is 268 g/mol. The minimum Gasteiger partial charge on any atom is -0.481 e. The Labute approximate surface area is 112 Å². The van der Waals surface area contributed by atoms with Crippen molar-refractivity contribution < 1.29 is 18.3 Å². The summed E-state index contributed by atoms with van der Waals surface area (Å²) in [6, 6.07) is 5.37. The van der Waals surface area contributed by atoms with E-state index >= 15 is 0 Å². The summed E-state index contributed by atoms with van der Waals surface area (Å²) in [5.41, 5.74) is 0.735. The predicted octanol–water partition coefficient (Wildman–Crippen LogP) is 0.798. The van der Waals surface area contributed by atoms with Gasteiger partial charge in [-0.05, 0) is 25.0 Å². The fourth-order valence-electron chi connectivity index (χ4n) is 1.49. The van der Waals surface area contributed by atoms with Crippen LogP contribution in [0.3, 0.4) is 0 Å². The van der Waals surface area contributed by atoms with Crippen LogP contribution in [0.2, 0.25) is 0 Å². The zero-order valence-electron chi connectivity index (χ0n) is 10.6. The van der Waals surface area contributed by atoms with Gasteiger partial charge in [0.1, 0.15) is 0 Å². The zero-order chi connectivity index (χ0) is 14.1. The summed E-state index contributed by atoms with van der Waals surface area (Å²) in [6.07, 6.45) is 3.05. The molecule has 0 radical (unpaired) electrons. The summed E-state index contributed by atoms with van der Waals surface area (Å²) < 4.78 is 25.7. The molecule has 0 atom stereocenters. The van der Waals surface area contributed by atoms with Crippen molar-refractivity contribution in [3.05, 3.63) is 30.1 Å². The highest BCUT2D eigenvalue weighted by Crippen LogP contribution is 1.99. The Morgan fingerprint density at radius 1 is 1.32 bits per heavy atom. The van der Waals surface area contributed by atoms with E-state index in [1.807, 2.05) is 6.07 Å². The lowest BCUT2D eigenvalue weighted by molar-refractivity contribution is -0.137. The molecule has 0 aliphatic heterocycles. The van der Waals surface area contributed by atoms with Crippen LogP contribution in [0.25, 0.3) is 0 Å². The van der Waals surface area contributed by atoms with Gasteiger partial charge < -0.3 is 5.11 Å². The Morgan fingerprint density at radius 3 is 2.74 bits per heavy atom. The van der Waals surface area contributed by atoms with Crippen LogP contribution in [0.15, 0.2) is 24.4 Å². The summed E-state index contributed by atoms with van der Waals surface area (Å²) in [6.45, 7) is 0.276. The van der Waals surface area contributed by atoms with Gasteiger partial charge >= 0.3 is 5.97 Å². The van der Waals surface area contributed by atoms with Crippen molar-refractivity contribution in [1.29, 1.82) is 0 Å². The van der Waals surface area contributed by atoms with E-state index < -0.39 is 16.0 Å². The second-order valence-corrected chi connectivity index (χ2v) is 6.06. The minimum absolute atomic E-state index is 0.0110. The number of nitrogens with zero attached hydrogens (tertiary/aromatic N) is 1. The first-order valence-corrected chi connectivity index (χ1v) is 7.74. The van der Waals surface area contributed by atoms with Gasteiger partial charge in [0.05, 0.1) is 5.75 Å². The molecule has 0 bridgehead atoms. The van der Waals surface area contributed by atoms with Gasteiger partial charge in [-0.3, -0.25) is 9.78 Å². The van der Waals surface area contributed by atoms with E-state index in [1.54, 1.807) is 18.3 Å². The number of carboxylic acids is 1. The third-order valence-electron chi connectivity index (χ3n) is 2.49. The normalized spacial score (nSPS) is 11.4. The number of nitrogens with one attached hydrogen (secondary N) is 1. The van der Waals surface area contributed by atoms with Crippen molar-refractivity contribution in [2.45, 2.75) is 25.7 Å². The van der Waals surface area contributed by atoms with Gasteiger partial charge in [-0.2, -0.15) is 0 Å². The molecule has 1 aromatic rings. The fraction of sp³-hybridized carbons (Fsp3) is 0.500. The molecule has 0 saturated carbocycles. The van der Waals surface area contributed by atoms with Gasteiger partial charge in [-0.25, -0.2) is 13.1 Å². The average molecular weight is 286 g/mol. The van der Waals surface area contributed by atoms with Crippen LogP contribution in [0.1, 0.15) is 25.0 Å². The highest BCUT2D eigenvalue weighted by molar-refractivity contribution is 7.89. The van der Waals surface area contributed by atoms with Crippen LogP contribution in [0.4, 0.5) is 0 Å². The summed E-state index contributed by atoms with van der Waals surface area (Å²) in [4.78, 5) is 14.3. The molecule has 0 saturated heterocycles. The van der Waals surface area contributed by atoms with Crippen molar-refractivity contribution in [3.63, 3.8) is 0 Å². The van der Waals surface area contributed by atoms with Crippen LogP contribution in [-0.4, -0.2) is 36.8 Å². The maximum atomic E-state index is 11.6. The fourth-order valence-corrected chi connectivity index (χ4v) is 2.56. The number of hydrogen-bond acceptors (Lipinski definition) is 4. The van der Waals surface area contributed by atoms with Crippen LogP contribution in [-0.2, 0) is 21.2 Å². The smallest absolute Gasteiger partial charge is 0.303 e. The second-order valence-electron chi connectivity index (χ2n) is 4.14. The van der Waals surface area contributed by atoms with Crippen molar-refractivity contribution in [3.8, 4) is 0 Å². The summed E-state index contributed by atoms with van der Waals surface area (Å²) >= 11 is 0. The first-order chi connectivity index (χ1) is 8.99. The lowest BCUT2D eigenvalue weighted by Gasteiger charge is -2.06. The summed E-state index contributed by atoms with van der Waals surface area (Å²) in [7, 11) is -3.32. The van der Waals surface area contributed by atoms with Crippen LogP contribution >= 0.6 is 0 Å². The predicted molar refractivity (Wildman–Crippen MR) is 71.2 cm³/mol. The Kier molecular flexibility index (Phi) is 6.44. The average Bonchev–Trinajstić information content (AvgIpc) is 2.37. The molecule has 0 spiro atoms. The maximum absolute atomic E-state index is 11.6. The van der Waals surface area contributed by atoms with E-state index in [2.05, 4.69) is 9.71 Å². The van der Waals surface area contributed by atoms with Gasteiger partial charge in [0, 0.05) is 31.3 Å². The first-order valence-electron chi connectivity index (χ1n) is 6.09. The molecule has 2 N–H and O–H groups in total. The molecule has 19 heavy (non-hydrogen) atoms. The third kappa shape index (κ3) is 7.53. The Morgan fingerprint density at radius 2 is 2.11 bits per heavy atom. The molecule has 0 aromatic carbocycles. The highest BCUT2D eigenvalue weighted by atomic mass is 32.2. The van der Waals surface area contributed by atoms with Crippen molar-refractivity contribution >= 4 is 16.0 Å². The lowest BCUT2D eigenvalue weighted by Crippen LogP contribution is -2.28. The van der Waals surface area contributed by atoms with Crippen molar-refractivity contribution in [2.75, 3.05) is 12.3 Å². The molecule has 0 amide bonds. The molecule has 0 fully saturated rings. The molecule has 0 aliphatic rings. The van der Waals surface area contributed by atoms with Crippen LogP contribution in [0.5, 0.6) is 0 Å². The number of carboxylic acid groups (broad SMARTS) is 1. The van der Waals surface area contributed by atoms with Crippen molar-refractivity contribution in [1.82, 2.24) is 9.71 Å². The van der Waals surface area contributed by atoms with Gasteiger partial charge in [-0.1, -0.05) is 6.07 Å². The van der Waals surface area contributed by atoms with Gasteiger partial charge in [0.2, 0.25) is 10.0 Å². The summed E-state index contributed by atoms with van der Waals surface area (Å²) in [5.74, 6) is -0.874. The molecule has 1 heterocycles. The van der Waals surface area contributed by atoms with E-state index in [4.69, 9.17) is 5.11 Å². The molecule has 0 unspecified atom stereocenters. The van der Waals surface area contributed by atoms with E-state index in [-0.39, 0.29) is 18.7 Å². The van der Waals surface area contributed by atoms with Crippen LogP contribution < -0.4 is 4.72 Å². The number of aromatic nitrogens is 1. The van der Waals surface area contributed by atoms with E-state index in [1.165, 1.54) is 0 Å². The molecule has 7 heteroatoms. The third-order valence-corrected chi connectivity index (χ3v) is 3.88. The quantitative estimate of drug-likeness (QED) is 0.654. The standard InChI is InChI=1S/C12H18N2O4S/c15-12(16)6-2-4-9-14-19(17,18)10-7-11-5-1-3-8-13-11/h1,3,5,8,14H,2,4,6-7,9-10H2,(H,15,16). The Bertz CT molecular complexity index is 488. The Balaban J connectivity index is 2.23. The molecule has 0 aliphatic carbocycles. The number of aliphatic carboxylic acids is 1. The molecule has 1 rings (SSSR count). The Hall–Kier alpha value is -1.47. The van der Waals surface area contributed by atoms with E-state index in [9.17, 15) is 13.2 Å². The first kappa shape index (κ1) is 15.6. The zero-order valence-corrected chi connectivity index (χ0v) is 11.4. The molecule has 6 nitrogen and oxygen atoms in total.